The molecule has 0 radical (unpaired) electrons. The quantitative estimate of drug-likeness (QED) is 0.530. The van der Waals surface area contributed by atoms with Crippen LogP contribution in [0, 0.1) is 0 Å². The number of rotatable bonds is 5. The lowest BCUT2D eigenvalue weighted by molar-refractivity contribution is -0.0209. The minimum atomic E-state index is -0.478. The number of carbonyl (C=O) groups excluding carboxylic acids is 1. The minimum absolute atomic E-state index is 0.0182. The van der Waals surface area contributed by atoms with Crippen LogP contribution in [0.2, 0.25) is 0 Å². The number of hydrogen-bond donors (Lipinski definition) is 0. The van der Waals surface area contributed by atoms with Crippen LogP contribution >= 0.6 is 0 Å². The van der Waals surface area contributed by atoms with E-state index in [1.165, 1.54) is 7.11 Å². The lowest BCUT2D eigenvalue weighted by atomic mass is 9.95. The molecule has 0 fully saturated rings. The maximum atomic E-state index is 11.9. The third-order valence-corrected chi connectivity index (χ3v) is 6.02. The molecular weight excluding hydrogens is 420 g/mol. The minimum Gasteiger partial charge on any atom is -0.497 e. The van der Waals surface area contributed by atoms with E-state index in [0.29, 0.717) is 23.5 Å². The van der Waals surface area contributed by atoms with Gasteiger partial charge in [0.1, 0.15) is 5.75 Å². The summed E-state index contributed by atoms with van der Waals surface area (Å²) in [5, 5.41) is 6.97. The van der Waals surface area contributed by atoms with Crippen LogP contribution in [0.3, 0.4) is 0 Å². The summed E-state index contributed by atoms with van der Waals surface area (Å²) in [5.74, 6) is 1.80. The van der Waals surface area contributed by atoms with Crippen molar-refractivity contribution in [2.45, 2.75) is 18.7 Å². The van der Waals surface area contributed by atoms with E-state index in [2.05, 4.69) is 6.07 Å². The second-order valence-corrected chi connectivity index (χ2v) is 7.84. The van der Waals surface area contributed by atoms with Crippen LogP contribution in [0.1, 0.15) is 45.7 Å². The van der Waals surface area contributed by atoms with Gasteiger partial charge in [0.25, 0.3) is 0 Å². The average Bonchev–Trinajstić information content (AvgIpc) is 3.33. The molecule has 7 heteroatoms. The van der Waals surface area contributed by atoms with E-state index in [1.807, 2.05) is 53.5 Å². The third-order valence-electron chi connectivity index (χ3n) is 6.02. The van der Waals surface area contributed by atoms with Crippen molar-refractivity contribution in [1.82, 2.24) is 5.01 Å². The number of benzene rings is 3. The number of para-hydroxylation sites is 1. The van der Waals surface area contributed by atoms with Crippen LogP contribution in [-0.2, 0) is 4.74 Å². The summed E-state index contributed by atoms with van der Waals surface area (Å²) in [4.78, 5) is 11.9. The fourth-order valence-electron chi connectivity index (χ4n) is 4.34. The number of ether oxygens (including phenoxy) is 4. The molecule has 168 valence electrons. The highest BCUT2D eigenvalue weighted by Crippen LogP contribution is 2.50. The largest absolute Gasteiger partial charge is 0.497 e. The van der Waals surface area contributed by atoms with Gasteiger partial charge in [-0.3, -0.25) is 0 Å². The Hall–Kier alpha value is -4.00. The zero-order valence-electron chi connectivity index (χ0n) is 18.6. The van der Waals surface area contributed by atoms with Crippen LogP contribution in [-0.4, -0.2) is 38.0 Å². The van der Waals surface area contributed by atoms with Crippen molar-refractivity contribution in [2.24, 2.45) is 5.10 Å². The fourth-order valence-corrected chi connectivity index (χ4v) is 4.34. The first-order chi connectivity index (χ1) is 16.1. The van der Waals surface area contributed by atoms with Crippen LogP contribution < -0.4 is 14.2 Å². The van der Waals surface area contributed by atoms with Crippen molar-refractivity contribution in [2.75, 3.05) is 21.3 Å². The molecule has 3 aromatic rings. The maximum Gasteiger partial charge on any atom is 0.337 e. The Bertz CT molecular complexity index is 1220. The van der Waals surface area contributed by atoms with E-state index in [0.717, 1.165) is 28.2 Å². The summed E-state index contributed by atoms with van der Waals surface area (Å²) in [7, 11) is 4.66. The highest BCUT2D eigenvalue weighted by molar-refractivity contribution is 6.02. The molecule has 2 aliphatic heterocycles. The summed E-state index contributed by atoms with van der Waals surface area (Å²) < 4.78 is 22.3. The lowest BCUT2D eigenvalue weighted by Crippen LogP contribution is -2.33. The second-order valence-electron chi connectivity index (χ2n) is 7.84. The van der Waals surface area contributed by atoms with Crippen molar-refractivity contribution in [3.05, 3.63) is 89.0 Å². The fraction of sp³-hybridized carbons (Fsp3) is 0.231. The van der Waals surface area contributed by atoms with Crippen molar-refractivity contribution in [1.29, 1.82) is 0 Å². The second kappa shape index (κ2) is 8.50. The van der Waals surface area contributed by atoms with Gasteiger partial charge in [0.15, 0.2) is 11.5 Å². The number of methoxy groups -OCH3 is 3. The number of carbonyl (C=O) groups is 1. The van der Waals surface area contributed by atoms with Gasteiger partial charge in [-0.1, -0.05) is 36.4 Å². The number of hydrogen-bond acceptors (Lipinski definition) is 7. The van der Waals surface area contributed by atoms with E-state index >= 15 is 0 Å². The van der Waals surface area contributed by atoms with Crippen LogP contribution in [0.15, 0.2) is 71.8 Å². The highest BCUT2D eigenvalue weighted by atomic mass is 16.5. The smallest absolute Gasteiger partial charge is 0.337 e. The molecular formula is C26H24N2O5. The molecule has 0 unspecified atom stereocenters. The zero-order valence-corrected chi connectivity index (χ0v) is 18.6. The molecule has 7 nitrogen and oxygen atoms in total. The van der Waals surface area contributed by atoms with E-state index < -0.39 is 6.23 Å². The van der Waals surface area contributed by atoms with Gasteiger partial charge in [-0.25, -0.2) is 9.80 Å². The third kappa shape index (κ3) is 3.65. The number of nitrogens with zero attached hydrogens (tertiary/aromatic N) is 2. The van der Waals surface area contributed by atoms with Crippen molar-refractivity contribution >= 4 is 11.7 Å². The van der Waals surface area contributed by atoms with Crippen LogP contribution in [0.4, 0.5) is 0 Å². The molecule has 0 aliphatic carbocycles. The summed E-state index contributed by atoms with van der Waals surface area (Å²) in [5.41, 5.74) is 4.34. The van der Waals surface area contributed by atoms with Gasteiger partial charge in [-0.05, 0) is 30.3 Å². The Labute approximate surface area is 192 Å². The van der Waals surface area contributed by atoms with Crippen molar-refractivity contribution in [3.8, 4) is 17.2 Å². The Morgan fingerprint density at radius 2 is 1.79 bits per heavy atom. The first-order valence-corrected chi connectivity index (χ1v) is 10.6. The summed E-state index contributed by atoms with van der Waals surface area (Å²) in [6.07, 6.45) is 0.238. The topological polar surface area (TPSA) is 69.6 Å². The van der Waals surface area contributed by atoms with Gasteiger partial charge in [-0.15, -0.1) is 0 Å². The lowest BCUT2D eigenvalue weighted by Gasteiger charge is -2.38. The van der Waals surface area contributed by atoms with Gasteiger partial charge in [-0.2, -0.15) is 5.10 Å². The van der Waals surface area contributed by atoms with E-state index in [4.69, 9.17) is 24.0 Å². The summed E-state index contributed by atoms with van der Waals surface area (Å²) >= 11 is 0. The van der Waals surface area contributed by atoms with E-state index in [-0.39, 0.29) is 12.0 Å². The van der Waals surface area contributed by atoms with Gasteiger partial charge in [0.05, 0.1) is 38.6 Å². The van der Waals surface area contributed by atoms with Crippen molar-refractivity contribution < 1.29 is 23.7 Å². The van der Waals surface area contributed by atoms with Gasteiger partial charge in [0, 0.05) is 23.1 Å². The maximum absolute atomic E-state index is 11.9. The molecule has 0 amide bonds. The zero-order chi connectivity index (χ0) is 22.9. The predicted molar refractivity (Wildman–Crippen MR) is 123 cm³/mol. The number of fused-ring (bicyclic) bond motifs is 3. The Balaban J connectivity index is 1.58. The Kier molecular flexibility index (Phi) is 5.38. The van der Waals surface area contributed by atoms with E-state index in [9.17, 15) is 4.79 Å². The predicted octanol–water partition coefficient (Wildman–Crippen LogP) is 4.73. The van der Waals surface area contributed by atoms with Crippen LogP contribution in [0.5, 0.6) is 17.2 Å². The molecule has 0 saturated carbocycles. The molecule has 0 N–H and O–H groups in total. The SMILES string of the molecule is COC(=O)c1ccc([C@H]2Oc3c(OC)cccc3[C@H]3CC(c4cccc(OC)c4)=NN32)cc1. The molecule has 0 aromatic heterocycles. The Morgan fingerprint density at radius 1 is 1.00 bits per heavy atom. The monoisotopic (exact) mass is 444 g/mol. The van der Waals surface area contributed by atoms with Crippen LogP contribution in [0.25, 0.3) is 0 Å². The normalized spacial score (nSPS) is 18.5. The average molecular weight is 444 g/mol. The van der Waals surface area contributed by atoms with Gasteiger partial charge in [0.2, 0.25) is 6.23 Å². The van der Waals surface area contributed by atoms with Gasteiger partial charge >= 0.3 is 5.97 Å². The molecule has 2 heterocycles. The molecule has 0 spiro atoms. The Morgan fingerprint density at radius 3 is 2.52 bits per heavy atom. The first-order valence-electron chi connectivity index (χ1n) is 10.6. The molecule has 33 heavy (non-hydrogen) atoms. The van der Waals surface area contributed by atoms with Crippen molar-refractivity contribution in [3.63, 3.8) is 0 Å². The number of esters is 1. The molecule has 0 saturated heterocycles. The van der Waals surface area contributed by atoms with E-state index in [1.54, 1.807) is 26.4 Å². The summed E-state index contributed by atoms with van der Waals surface area (Å²) in [6, 6.07) is 21.0. The molecule has 2 aliphatic rings. The molecule has 2 atom stereocenters. The molecule has 0 bridgehead atoms. The summed E-state index contributed by atoms with van der Waals surface area (Å²) in [6.45, 7) is 0. The molecule has 3 aromatic carbocycles. The number of hydrazone groups is 1. The van der Waals surface area contributed by atoms with Gasteiger partial charge < -0.3 is 18.9 Å². The molecule has 5 rings (SSSR count). The standard InChI is InChI=1S/C26H24N2O5/c1-30-19-7-4-6-18(14-19)21-15-22-20-8-5-9-23(31-2)24(20)33-25(28(22)27-21)16-10-12-17(13-11-16)26(29)32-3/h4-14,22,25H,15H2,1-3H3/t22-,25-/m1/s1. The first kappa shape index (κ1) is 20.9. The highest BCUT2D eigenvalue weighted by Gasteiger charge is 2.42.